The number of benzene rings is 1. The lowest BCUT2D eigenvalue weighted by Crippen LogP contribution is -2.07. The minimum atomic E-state index is -0.378. The van der Waals surface area contributed by atoms with Crippen molar-refractivity contribution in [2.24, 2.45) is 0 Å². The number of hydrogen-bond donors (Lipinski definition) is 2. The smallest absolute Gasteiger partial charge is 0.170 e. The van der Waals surface area contributed by atoms with E-state index >= 15 is 0 Å². The van der Waals surface area contributed by atoms with E-state index in [1.165, 1.54) is 12.3 Å². The molecule has 1 aromatic carbocycles. The molecule has 0 aliphatic carbocycles. The van der Waals surface area contributed by atoms with Crippen molar-refractivity contribution in [3.63, 3.8) is 0 Å². The van der Waals surface area contributed by atoms with Gasteiger partial charge in [0, 0.05) is 17.1 Å². The Kier molecular flexibility index (Phi) is 3.98. The van der Waals surface area contributed by atoms with Gasteiger partial charge in [-0.05, 0) is 28.1 Å². The molecule has 0 saturated carbocycles. The summed E-state index contributed by atoms with van der Waals surface area (Å²) >= 11 is 9.09. The van der Waals surface area contributed by atoms with Crippen LogP contribution in [0.15, 0.2) is 29.0 Å². The molecule has 4 nitrogen and oxygen atoms in total. The molecule has 3 N–H and O–H groups in total. The summed E-state index contributed by atoms with van der Waals surface area (Å²) in [5.41, 5.74) is 6.01. The summed E-state index contributed by atoms with van der Waals surface area (Å²) in [5, 5.41) is 3.25. The standard InChI is InChI=1S/C11H9BrClFN4/c12-9-5-16-10(15)11(18-9)17-4-6-7(13)2-1-3-8(6)14/h1-3,5H,4H2,(H2,15,16)(H,17,18). The van der Waals surface area contributed by atoms with Crippen LogP contribution in [0.3, 0.4) is 0 Å². The van der Waals surface area contributed by atoms with E-state index in [0.717, 1.165) is 0 Å². The Balaban J connectivity index is 2.19. The first-order chi connectivity index (χ1) is 8.58. The molecular weight excluding hydrogens is 323 g/mol. The molecule has 1 aromatic heterocycles. The third-order valence-corrected chi connectivity index (χ3v) is 3.00. The molecule has 2 rings (SSSR count). The highest BCUT2D eigenvalue weighted by Crippen LogP contribution is 2.21. The number of nitrogen functional groups attached to an aromatic ring is 1. The van der Waals surface area contributed by atoms with Crippen LogP contribution in [-0.4, -0.2) is 9.97 Å². The number of nitrogens with one attached hydrogen (secondary N) is 1. The summed E-state index contributed by atoms with van der Waals surface area (Å²) in [6.07, 6.45) is 1.48. The van der Waals surface area contributed by atoms with Gasteiger partial charge in [0.15, 0.2) is 11.6 Å². The van der Waals surface area contributed by atoms with Gasteiger partial charge in [0.25, 0.3) is 0 Å². The molecule has 0 atom stereocenters. The van der Waals surface area contributed by atoms with Gasteiger partial charge < -0.3 is 11.1 Å². The van der Waals surface area contributed by atoms with Gasteiger partial charge in [-0.1, -0.05) is 17.7 Å². The number of anilines is 2. The van der Waals surface area contributed by atoms with Crippen LogP contribution in [0.2, 0.25) is 5.02 Å². The monoisotopic (exact) mass is 330 g/mol. The Morgan fingerprint density at radius 2 is 2.22 bits per heavy atom. The second-order valence-corrected chi connectivity index (χ2v) is 4.70. The molecule has 0 aliphatic heterocycles. The second-order valence-electron chi connectivity index (χ2n) is 3.48. The van der Waals surface area contributed by atoms with Crippen molar-refractivity contribution in [3.05, 3.63) is 45.4 Å². The van der Waals surface area contributed by atoms with E-state index in [2.05, 4.69) is 31.2 Å². The Labute approximate surface area is 117 Å². The summed E-state index contributed by atoms with van der Waals surface area (Å²) in [6.45, 7) is 0.181. The van der Waals surface area contributed by atoms with Crippen molar-refractivity contribution < 1.29 is 4.39 Å². The summed E-state index contributed by atoms with van der Waals surface area (Å²) in [7, 11) is 0. The summed E-state index contributed by atoms with van der Waals surface area (Å²) in [6, 6.07) is 4.52. The Morgan fingerprint density at radius 1 is 1.44 bits per heavy atom. The summed E-state index contributed by atoms with van der Waals surface area (Å²) in [4.78, 5) is 8.01. The Hall–Kier alpha value is -1.40. The van der Waals surface area contributed by atoms with Crippen molar-refractivity contribution in [2.45, 2.75) is 6.54 Å². The minimum absolute atomic E-state index is 0.181. The Bertz CT molecular complexity index is 559. The van der Waals surface area contributed by atoms with Crippen LogP contribution in [0.25, 0.3) is 0 Å². The molecule has 0 radical (unpaired) electrons. The first kappa shape index (κ1) is 13.0. The van der Waals surface area contributed by atoms with Crippen LogP contribution < -0.4 is 11.1 Å². The van der Waals surface area contributed by atoms with E-state index in [-0.39, 0.29) is 18.2 Å². The Morgan fingerprint density at radius 3 is 2.94 bits per heavy atom. The fraction of sp³-hybridized carbons (Fsp3) is 0.0909. The van der Waals surface area contributed by atoms with E-state index in [1.807, 2.05) is 0 Å². The number of rotatable bonds is 3. The quantitative estimate of drug-likeness (QED) is 0.906. The number of hydrogen-bond acceptors (Lipinski definition) is 4. The van der Waals surface area contributed by atoms with Crippen molar-refractivity contribution in [1.29, 1.82) is 0 Å². The maximum atomic E-state index is 13.5. The van der Waals surface area contributed by atoms with Crippen LogP contribution in [-0.2, 0) is 6.54 Å². The number of aromatic nitrogens is 2. The molecule has 0 saturated heterocycles. The SMILES string of the molecule is Nc1ncc(Br)nc1NCc1c(F)cccc1Cl. The van der Waals surface area contributed by atoms with E-state index in [0.29, 0.717) is 21.0 Å². The minimum Gasteiger partial charge on any atom is -0.381 e. The predicted octanol–water partition coefficient (Wildman–Crippen LogP) is 3.23. The second kappa shape index (κ2) is 5.49. The maximum Gasteiger partial charge on any atom is 0.170 e. The lowest BCUT2D eigenvalue weighted by atomic mass is 10.2. The molecule has 1 heterocycles. The zero-order valence-corrected chi connectivity index (χ0v) is 11.5. The molecule has 0 unspecified atom stereocenters. The van der Waals surface area contributed by atoms with Gasteiger partial charge in [0.2, 0.25) is 0 Å². The van der Waals surface area contributed by atoms with Crippen molar-refractivity contribution in [1.82, 2.24) is 9.97 Å². The first-order valence-electron chi connectivity index (χ1n) is 5.02. The van der Waals surface area contributed by atoms with E-state index in [1.54, 1.807) is 12.1 Å². The highest BCUT2D eigenvalue weighted by atomic mass is 79.9. The lowest BCUT2D eigenvalue weighted by Gasteiger charge is -2.09. The van der Waals surface area contributed by atoms with Gasteiger partial charge in [0.05, 0.1) is 6.20 Å². The predicted molar refractivity (Wildman–Crippen MR) is 72.9 cm³/mol. The van der Waals surface area contributed by atoms with Gasteiger partial charge in [-0.3, -0.25) is 0 Å². The van der Waals surface area contributed by atoms with Crippen molar-refractivity contribution in [3.8, 4) is 0 Å². The van der Waals surface area contributed by atoms with E-state index in [9.17, 15) is 4.39 Å². The van der Waals surface area contributed by atoms with Gasteiger partial charge in [-0.15, -0.1) is 0 Å². The van der Waals surface area contributed by atoms with Crippen molar-refractivity contribution in [2.75, 3.05) is 11.1 Å². The van der Waals surface area contributed by atoms with Crippen LogP contribution in [0, 0.1) is 5.82 Å². The topological polar surface area (TPSA) is 63.8 Å². The van der Waals surface area contributed by atoms with Gasteiger partial charge in [0.1, 0.15) is 10.4 Å². The third-order valence-electron chi connectivity index (χ3n) is 2.27. The average molecular weight is 332 g/mol. The molecule has 94 valence electrons. The molecule has 0 spiro atoms. The molecule has 0 aliphatic rings. The summed E-state index contributed by atoms with van der Waals surface area (Å²) in [5.74, 6) is 0.242. The highest BCUT2D eigenvalue weighted by Gasteiger charge is 2.08. The van der Waals surface area contributed by atoms with Crippen LogP contribution in [0.1, 0.15) is 5.56 Å². The molecule has 2 aromatic rings. The number of nitrogens with zero attached hydrogens (tertiary/aromatic N) is 2. The zero-order chi connectivity index (χ0) is 13.1. The van der Waals surface area contributed by atoms with Gasteiger partial charge >= 0.3 is 0 Å². The molecule has 0 bridgehead atoms. The highest BCUT2D eigenvalue weighted by molar-refractivity contribution is 9.10. The average Bonchev–Trinajstić information content (AvgIpc) is 2.33. The molecule has 0 amide bonds. The number of halogens is 3. The van der Waals surface area contributed by atoms with Crippen LogP contribution >= 0.6 is 27.5 Å². The van der Waals surface area contributed by atoms with Crippen LogP contribution in [0.5, 0.6) is 0 Å². The zero-order valence-electron chi connectivity index (χ0n) is 9.12. The third kappa shape index (κ3) is 2.88. The normalized spacial score (nSPS) is 10.4. The lowest BCUT2D eigenvalue weighted by molar-refractivity contribution is 0.613. The fourth-order valence-corrected chi connectivity index (χ4v) is 1.89. The molecule has 18 heavy (non-hydrogen) atoms. The van der Waals surface area contributed by atoms with Gasteiger partial charge in [-0.2, -0.15) is 0 Å². The first-order valence-corrected chi connectivity index (χ1v) is 6.20. The number of nitrogens with two attached hydrogens (primary N) is 1. The van der Waals surface area contributed by atoms with Gasteiger partial charge in [-0.25, -0.2) is 14.4 Å². The molecular formula is C11H9BrClFN4. The maximum absolute atomic E-state index is 13.5. The largest absolute Gasteiger partial charge is 0.381 e. The van der Waals surface area contributed by atoms with E-state index in [4.69, 9.17) is 17.3 Å². The van der Waals surface area contributed by atoms with E-state index < -0.39 is 0 Å². The summed E-state index contributed by atoms with van der Waals surface area (Å²) < 4.78 is 14.1. The van der Waals surface area contributed by atoms with Crippen molar-refractivity contribution >= 4 is 39.2 Å². The van der Waals surface area contributed by atoms with Crippen LogP contribution in [0.4, 0.5) is 16.0 Å². The fourth-order valence-electron chi connectivity index (χ4n) is 1.38. The molecule has 0 fully saturated rings. The molecule has 7 heteroatoms.